The molecular formula is C13H12ClN3. The molecule has 17 heavy (non-hydrogen) atoms. The second-order valence-corrected chi connectivity index (χ2v) is 4.64. The zero-order chi connectivity index (χ0) is 11.8. The molecule has 0 radical (unpaired) electrons. The van der Waals surface area contributed by atoms with Gasteiger partial charge >= 0.3 is 0 Å². The molecule has 0 spiro atoms. The summed E-state index contributed by atoms with van der Waals surface area (Å²) in [7, 11) is 0. The van der Waals surface area contributed by atoms with Gasteiger partial charge in [0.05, 0.1) is 0 Å². The highest BCUT2D eigenvalue weighted by Gasteiger charge is 2.19. The van der Waals surface area contributed by atoms with Gasteiger partial charge in [0, 0.05) is 17.5 Å². The lowest BCUT2D eigenvalue weighted by atomic mass is 10.2. The fourth-order valence-electron chi connectivity index (χ4n) is 2.21. The molecule has 0 bridgehead atoms. The lowest BCUT2D eigenvalue weighted by Gasteiger charge is -2.06. The molecule has 0 N–H and O–H groups in total. The molecule has 1 aliphatic carbocycles. The summed E-state index contributed by atoms with van der Waals surface area (Å²) in [6.45, 7) is 2.01. The van der Waals surface area contributed by atoms with Crippen LogP contribution in [-0.4, -0.2) is 15.0 Å². The summed E-state index contributed by atoms with van der Waals surface area (Å²) < 4.78 is 0. The minimum atomic E-state index is 0.590. The van der Waals surface area contributed by atoms with Gasteiger partial charge in [-0.2, -0.15) is 0 Å². The molecule has 0 saturated heterocycles. The molecule has 0 amide bonds. The van der Waals surface area contributed by atoms with E-state index in [1.165, 1.54) is 0 Å². The highest BCUT2D eigenvalue weighted by molar-refractivity contribution is 6.30. The Morgan fingerprint density at radius 3 is 2.94 bits per heavy atom. The summed E-state index contributed by atoms with van der Waals surface area (Å²) in [6, 6.07) is 3.92. The maximum atomic E-state index is 6.20. The first-order chi connectivity index (χ1) is 8.25. The third-order valence-electron chi connectivity index (χ3n) is 3.10. The highest BCUT2D eigenvalue weighted by Crippen LogP contribution is 2.28. The molecule has 0 aliphatic heterocycles. The number of fused-ring (bicyclic) bond motifs is 1. The largest absolute Gasteiger partial charge is 0.253 e. The van der Waals surface area contributed by atoms with Crippen LogP contribution in [0.25, 0.3) is 11.5 Å². The second kappa shape index (κ2) is 4.08. The topological polar surface area (TPSA) is 38.7 Å². The first-order valence-electron chi connectivity index (χ1n) is 5.73. The van der Waals surface area contributed by atoms with E-state index in [0.29, 0.717) is 11.0 Å². The van der Waals surface area contributed by atoms with Gasteiger partial charge in [-0.15, -0.1) is 0 Å². The average molecular weight is 246 g/mol. The number of hydrogen-bond donors (Lipinski definition) is 0. The minimum absolute atomic E-state index is 0.590. The van der Waals surface area contributed by atoms with Crippen LogP contribution in [0, 0.1) is 6.92 Å². The Balaban J connectivity index is 2.17. The van der Waals surface area contributed by atoms with Crippen molar-refractivity contribution in [1.82, 2.24) is 15.0 Å². The first-order valence-corrected chi connectivity index (χ1v) is 6.11. The zero-order valence-electron chi connectivity index (χ0n) is 9.57. The lowest BCUT2D eigenvalue weighted by Crippen LogP contribution is -2.00. The Hall–Kier alpha value is -1.48. The van der Waals surface area contributed by atoms with Crippen molar-refractivity contribution in [3.05, 3.63) is 40.3 Å². The summed E-state index contributed by atoms with van der Waals surface area (Å²) in [4.78, 5) is 13.3. The SMILES string of the molecule is Cc1cccnc1-c1nc(Cl)c2c(n1)CCC2. The maximum absolute atomic E-state index is 6.20. The van der Waals surface area contributed by atoms with Crippen LogP contribution in [0.4, 0.5) is 0 Å². The Morgan fingerprint density at radius 2 is 2.12 bits per heavy atom. The van der Waals surface area contributed by atoms with Crippen LogP contribution in [0.2, 0.25) is 5.15 Å². The van der Waals surface area contributed by atoms with Crippen molar-refractivity contribution >= 4 is 11.6 Å². The number of rotatable bonds is 1. The number of pyridine rings is 1. The number of aromatic nitrogens is 3. The third kappa shape index (κ3) is 1.80. The summed E-state index contributed by atoms with van der Waals surface area (Å²) >= 11 is 6.20. The maximum Gasteiger partial charge on any atom is 0.180 e. The van der Waals surface area contributed by atoms with Gasteiger partial charge in [-0.05, 0) is 37.8 Å². The van der Waals surface area contributed by atoms with E-state index in [2.05, 4.69) is 15.0 Å². The van der Waals surface area contributed by atoms with Crippen LogP contribution >= 0.6 is 11.6 Å². The number of halogens is 1. The van der Waals surface area contributed by atoms with Gasteiger partial charge < -0.3 is 0 Å². The molecule has 2 aromatic rings. The molecule has 0 atom stereocenters. The molecule has 0 aromatic carbocycles. The second-order valence-electron chi connectivity index (χ2n) is 4.29. The Labute approximate surface area is 105 Å². The van der Waals surface area contributed by atoms with Gasteiger partial charge in [-0.3, -0.25) is 4.98 Å². The standard InChI is InChI=1S/C13H12ClN3/c1-8-4-3-7-15-11(8)13-16-10-6-2-5-9(10)12(14)17-13/h3-4,7H,2,5-6H2,1H3. The molecule has 0 unspecified atom stereocenters. The fourth-order valence-corrected chi connectivity index (χ4v) is 2.50. The summed E-state index contributed by atoms with van der Waals surface area (Å²) in [5.74, 6) is 0.647. The van der Waals surface area contributed by atoms with Crippen LogP contribution in [-0.2, 0) is 12.8 Å². The van der Waals surface area contributed by atoms with Gasteiger partial charge in [0.15, 0.2) is 5.82 Å². The van der Waals surface area contributed by atoms with Crippen molar-refractivity contribution in [2.24, 2.45) is 0 Å². The van der Waals surface area contributed by atoms with Crippen LogP contribution in [0.3, 0.4) is 0 Å². The van der Waals surface area contributed by atoms with Crippen molar-refractivity contribution in [3.8, 4) is 11.5 Å². The van der Waals surface area contributed by atoms with Crippen molar-refractivity contribution in [2.75, 3.05) is 0 Å². The number of aryl methyl sites for hydroxylation is 2. The van der Waals surface area contributed by atoms with Gasteiger partial charge in [-0.1, -0.05) is 17.7 Å². The molecule has 4 heteroatoms. The third-order valence-corrected chi connectivity index (χ3v) is 3.42. The van der Waals surface area contributed by atoms with Crippen molar-refractivity contribution in [2.45, 2.75) is 26.2 Å². The van der Waals surface area contributed by atoms with Crippen LogP contribution < -0.4 is 0 Å². The highest BCUT2D eigenvalue weighted by atomic mass is 35.5. The van der Waals surface area contributed by atoms with Crippen molar-refractivity contribution in [3.63, 3.8) is 0 Å². The molecule has 0 fully saturated rings. The van der Waals surface area contributed by atoms with E-state index >= 15 is 0 Å². The summed E-state index contributed by atoms with van der Waals surface area (Å²) in [5.41, 5.74) is 4.10. The van der Waals surface area contributed by atoms with Gasteiger partial charge in [0.1, 0.15) is 10.8 Å². The van der Waals surface area contributed by atoms with Crippen molar-refractivity contribution < 1.29 is 0 Å². The quantitative estimate of drug-likeness (QED) is 0.725. The van der Waals surface area contributed by atoms with E-state index in [1.54, 1.807) is 6.20 Å². The molecule has 2 aromatic heterocycles. The van der Waals surface area contributed by atoms with E-state index in [-0.39, 0.29) is 0 Å². The van der Waals surface area contributed by atoms with Gasteiger partial charge in [0.25, 0.3) is 0 Å². The molecule has 0 saturated carbocycles. The van der Waals surface area contributed by atoms with E-state index in [1.807, 2.05) is 19.1 Å². The zero-order valence-corrected chi connectivity index (χ0v) is 10.3. The van der Waals surface area contributed by atoms with Gasteiger partial charge in [0.2, 0.25) is 0 Å². The molecular weight excluding hydrogens is 234 g/mol. The predicted octanol–water partition coefficient (Wildman–Crippen LogP) is 2.99. The molecule has 86 valence electrons. The minimum Gasteiger partial charge on any atom is -0.253 e. The van der Waals surface area contributed by atoms with Crippen LogP contribution in [0.15, 0.2) is 18.3 Å². The number of hydrogen-bond acceptors (Lipinski definition) is 3. The fraction of sp³-hybridized carbons (Fsp3) is 0.308. The lowest BCUT2D eigenvalue weighted by molar-refractivity contribution is 0.899. The molecule has 3 rings (SSSR count). The van der Waals surface area contributed by atoms with E-state index in [0.717, 1.165) is 41.8 Å². The van der Waals surface area contributed by atoms with Crippen molar-refractivity contribution in [1.29, 1.82) is 0 Å². The molecule has 1 aliphatic rings. The summed E-state index contributed by atoms with van der Waals surface area (Å²) in [5, 5.41) is 0.590. The Kier molecular flexibility index (Phi) is 2.56. The van der Waals surface area contributed by atoms with Crippen LogP contribution in [0.5, 0.6) is 0 Å². The molecule has 3 nitrogen and oxygen atoms in total. The van der Waals surface area contributed by atoms with Crippen LogP contribution in [0.1, 0.15) is 23.2 Å². The van der Waals surface area contributed by atoms with E-state index in [9.17, 15) is 0 Å². The Morgan fingerprint density at radius 1 is 1.24 bits per heavy atom. The average Bonchev–Trinajstić information content (AvgIpc) is 2.78. The van der Waals surface area contributed by atoms with E-state index in [4.69, 9.17) is 11.6 Å². The smallest absolute Gasteiger partial charge is 0.180 e. The first kappa shape index (κ1) is 10.7. The van der Waals surface area contributed by atoms with Gasteiger partial charge in [-0.25, -0.2) is 9.97 Å². The monoisotopic (exact) mass is 245 g/mol. The van der Waals surface area contributed by atoms with E-state index < -0.39 is 0 Å². The normalized spacial score (nSPS) is 13.8. The molecule has 2 heterocycles. The predicted molar refractivity (Wildman–Crippen MR) is 67.0 cm³/mol. The Bertz CT molecular complexity index is 581. The summed E-state index contributed by atoms with van der Waals surface area (Å²) in [6.07, 6.45) is 4.87. The number of nitrogens with zero attached hydrogens (tertiary/aromatic N) is 3.